The van der Waals surface area contributed by atoms with Crippen LogP contribution in [0.1, 0.15) is 21.5 Å². The van der Waals surface area contributed by atoms with Crippen molar-refractivity contribution < 1.29 is 24.9 Å². The molecule has 3 rings (SSSR count). The average molecular weight is 401 g/mol. The van der Waals surface area contributed by atoms with Gasteiger partial charge >= 0.3 is 0 Å². The van der Waals surface area contributed by atoms with E-state index in [9.17, 15) is 20.1 Å². The number of nitrogens with one attached hydrogen (secondary N) is 1. The first kappa shape index (κ1) is 21.2. The molecule has 1 unspecified atom stereocenters. The van der Waals surface area contributed by atoms with Gasteiger partial charge in [-0.3, -0.25) is 9.69 Å². The number of ether oxygens (including phenoxy) is 1. The number of nitrogens with zero attached hydrogens (tertiary/aromatic N) is 1. The molecule has 8 heteroatoms. The van der Waals surface area contributed by atoms with Gasteiger partial charge in [0.15, 0.2) is 0 Å². The molecule has 2 aromatic carbocycles. The van der Waals surface area contributed by atoms with Crippen molar-refractivity contribution in [3.63, 3.8) is 0 Å². The summed E-state index contributed by atoms with van der Waals surface area (Å²) in [5, 5.41) is 32.1. The summed E-state index contributed by atoms with van der Waals surface area (Å²) >= 11 is 0. The molecule has 0 spiro atoms. The fourth-order valence-corrected chi connectivity index (χ4v) is 3.10. The molecular weight excluding hydrogens is 374 g/mol. The maximum Gasteiger partial charge on any atom is 0.251 e. The molecule has 3 atom stereocenters. The number of carbonyl (C=O) groups excluding carboxylic acids is 1. The summed E-state index contributed by atoms with van der Waals surface area (Å²) in [4.78, 5) is 13.8. The number of amides is 1. The molecule has 1 aliphatic rings. The first-order chi connectivity index (χ1) is 14.0. The zero-order valence-corrected chi connectivity index (χ0v) is 16.1. The maximum atomic E-state index is 12.2. The smallest absolute Gasteiger partial charge is 0.251 e. The number of β-amino-alcohol motifs (C(OH)–C–C–N with tert-alkyl or cyclic N) is 2. The van der Waals surface area contributed by atoms with Gasteiger partial charge in [0, 0.05) is 31.7 Å². The molecular formula is C21H27N3O5. The van der Waals surface area contributed by atoms with Crippen LogP contribution >= 0.6 is 0 Å². The van der Waals surface area contributed by atoms with Gasteiger partial charge < -0.3 is 31.1 Å². The number of benzene rings is 2. The fourth-order valence-electron chi connectivity index (χ4n) is 3.10. The van der Waals surface area contributed by atoms with Crippen LogP contribution < -0.4 is 15.8 Å². The lowest BCUT2D eigenvalue weighted by Gasteiger charge is -2.22. The van der Waals surface area contributed by atoms with E-state index in [-0.39, 0.29) is 25.6 Å². The highest BCUT2D eigenvalue weighted by Crippen LogP contribution is 2.16. The minimum atomic E-state index is -0.911. The lowest BCUT2D eigenvalue weighted by Crippen LogP contribution is -2.38. The Labute approximate surface area is 169 Å². The zero-order chi connectivity index (χ0) is 20.8. The second kappa shape index (κ2) is 9.82. The van der Waals surface area contributed by atoms with Gasteiger partial charge in [0.05, 0.1) is 12.2 Å². The summed E-state index contributed by atoms with van der Waals surface area (Å²) in [5.41, 5.74) is 8.02. The maximum absolute atomic E-state index is 12.2. The molecule has 0 bridgehead atoms. The van der Waals surface area contributed by atoms with E-state index >= 15 is 0 Å². The van der Waals surface area contributed by atoms with E-state index in [1.165, 1.54) is 0 Å². The molecule has 0 aromatic heterocycles. The van der Waals surface area contributed by atoms with Gasteiger partial charge in [-0.05, 0) is 35.4 Å². The number of hydrogen-bond donors (Lipinski definition) is 5. The minimum Gasteiger partial charge on any atom is -0.489 e. The van der Waals surface area contributed by atoms with Gasteiger partial charge in [0.25, 0.3) is 5.91 Å². The third-order valence-electron chi connectivity index (χ3n) is 4.94. The molecule has 1 aliphatic heterocycles. The highest BCUT2D eigenvalue weighted by atomic mass is 16.5. The van der Waals surface area contributed by atoms with Crippen LogP contribution in [0.4, 0.5) is 0 Å². The summed E-state index contributed by atoms with van der Waals surface area (Å²) in [7, 11) is 0. The van der Waals surface area contributed by atoms with Crippen LogP contribution in [0, 0.1) is 0 Å². The quantitative estimate of drug-likeness (QED) is 0.415. The number of likely N-dealkylation sites (tertiary alicyclic amines) is 1. The fraction of sp³-hybridized carbons (Fsp3) is 0.381. The van der Waals surface area contributed by atoms with Crippen molar-refractivity contribution in [3.05, 3.63) is 65.2 Å². The van der Waals surface area contributed by atoms with Crippen LogP contribution in [0.5, 0.6) is 5.75 Å². The Kier molecular flexibility index (Phi) is 7.18. The van der Waals surface area contributed by atoms with Crippen LogP contribution in [0.25, 0.3) is 0 Å². The second-order valence-corrected chi connectivity index (χ2v) is 7.11. The predicted molar refractivity (Wildman–Crippen MR) is 107 cm³/mol. The van der Waals surface area contributed by atoms with E-state index in [4.69, 9.17) is 10.5 Å². The van der Waals surface area contributed by atoms with Gasteiger partial charge in [0.2, 0.25) is 0 Å². The van der Waals surface area contributed by atoms with E-state index in [1.807, 2.05) is 24.3 Å². The first-order valence-corrected chi connectivity index (χ1v) is 9.53. The average Bonchev–Trinajstić information content (AvgIpc) is 3.09. The lowest BCUT2D eigenvalue weighted by atomic mass is 10.1. The van der Waals surface area contributed by atoms with Crippen LogP contribution in [0.15, 0.2) is 48.5 Å². The Balaban J connectivity index is 1.44. The molecule has 0 saturated carbocycles. The van der Waals surface area contributed by atoms with E-state index in [1.54, 1.807) is 29.2 Å². The van der Waals surface area contributed by atoms with Crippen molar-refractivity contribution in [2.24, 2.45) is 5.73 Å². The van der Waals surface area contributed by atoms with Gasteiger partial charge in [-0.25, -0.2) is 0 Å². The molecule has 156 valence electrons. The molecule has 6 N–H and O–H groups in total. The zero-order valence-electron chi connectivity index (χ0n) is 16.1. The SMILES string of the molecule is NCc1ccc(C(=O)NCc2ccc(OCC(O)N3C[C@@H](O)[C@H](O)C3)cc2)cc1. The first-order valence-electron chi connectivity index (χ1n) is 9.53. The Morgan fingerprint density at radius 1 is 1.07 bits per heavy atom. The highest BCUT2D eigenvalue weighted by molar-refractivity contribution is 5.94. The number of carbonyl (C=O) groups is 1. The number of nitrogens with two attached hydrogens (primary N) is 1. The molecule has 1 heterocycles. The molecule has 8 nitrogen and oxygen atoms in total. The molecule has 1 saturated heterocycles. The van der Waals surface area contributed by atoms with Crippen LogP contribution in [-0.2, 0) is 13.1 Å². The van der Waals surface area contributed by atoms with Gasteiger partial charge in [0.1, 0.15) is 18.6 Å². The number of hydrogen-bond acceptors (Lipinski definition) is 7. The van der Waals surface area contributed by atoms with Crippen molar-refractivity contribution in [2.45, 2.75) is 31.5 Å². The Hall–Kier alpha value is -2.49. The summed E-state index contributed by atoms with van der Waals surface area (Å²) in [6.45, 7) is 1.26. The monoisotopic (exact) mass is 401 g/mol. The largest absolute Gasteiger partial charge is 0.489 e. The second-order valence-electron chi connectivity index (χ2n) is 7.11. The normalized spacial score (nSPS) is 20.4. The van der Waals surface area contributed by atoms with E-state index < -0.39 is 18.4 Å². The Bertz CT molecular complexity index is 787. The summed E-state index contributed by atoms with van der Waals surface area (Å²) < 4.78 is 5.57. The van der Waals surface area contributed by atoms with E-state index in [2.05, 4.69) is 5.32 Å². The highest BCUT2D eigenvalue weighted by Gasteiger charge is 2.33. The van der Waals surface area contributed by atoms with Crippen LogP contribution in [0.3, 0.4) is 0 Å². The topological polar surface area (TPSA) is 128 Å². The molecule has 1 amide bonds. The summed E-state index contributed by atoms with van der Waals surface area (Å²) in [6.07, 6.45) is -2.61. The summed E-state index contributed by atoms with van der Waals surface area (Å²) in [5.74, 6) is 0.420. The van der Waals surface area contributed by atoms with Gasteiger partial charge in [-0.15, -0.1) is 0 Å². The molecule has 0 aliphatic carbocycles. The third-order valence-corrected chi connectivity index (χ3v) is 4.94. The van der Waals surface area contributed by atoms with Crippen LogP contribution in [0.2, 0.25) is 0 Å². The third kappa shape index (κ3) is 5.75. The van der Waals surface area contributed by atoms with Crippen molar-refractivity contribution in [1.29, 1.82) is 0 Å². The number of aliphatic hydroxyl groups excluding tert-OH is 3. The van der Waals surface area contributed by atoms with E-state index in [0.29, 0.717) is 24.4 Å². The standard InChI is InChI=1S/C21H27N3O5/c22-9-14-1-5-16(6-2-14)21(28)23-10-15-3-7-17(8-4-15)29-13-20(27)24-11-18(25)19(26)12-24/h1-8,18-20,25-27H,9-13,22H2,(H,23,28)/t18-,19-,20?/m1/s1. The molecule has 0 radical (unpaired) electrons. The van der Waals surface area contributed by atoms with Crippen molar-refractivity contribution in [3.8, 4) is 5.75 Å². The van der Waals surface area contributed by atoms with Crippen molar-refractivity contribution in [1.82, 2.24) is 10.2 Å². The number of aliphatic hydroxyl groups is 3. The van der Waals surface area contributed by atoms with Gasteiger partial charge in [-0.1, -0.05) is 24.3 Å². The molecule has 1 fully saturated rings. The number of rotatable bonds is 8. The van der Waals surface area contributed by atoms with Crippen molar-refractivity contribution in [2.75, 3.05) is 19.7 Å². The Morgan fingerprint density at radius 3 is 2.24 bits per heavy atom. The van der Waals surface area contributed by atoms with E-state index in [0.717, 1.165) is 11.1 Å². The summed E-state index contributed by atoms with van der Waals surface area (Å²) in [6, 6.07) is 14.4. The molecule has 29 heavy (non-hydrogen) atoms. The van der Waals surface area contributed by atoms with Crippen molar-refractivity contribution >= 4 is 5.91 Å². The van der Waals surface area contributed by atoms with Gasteiger partial charge in [-0.2, -0.15) is 0 Å². The van der Waals surface area contributed by atoms with Crippen LogP contribution in [-0.4, -0.2) is 64.3 Å². The lowest BCUT2D eigenvalue weighted by molar-refractivity contribution is -0.0215. The Morgan fingerprint density at radius 2 is 1.66 bits per heavy atom. The molecule has 2 aromatic rings. The minimum absolute atomic E-state index is 0.0221. The predicted octanol–water partition coefficient (Wildman–Crippen LogP) is -0.190.